The number of hydrogen-bond donors (Lipinski definition) is 2. The number of Topliss-reactive ketones (excluding diaryl/α,β-unsaturated/α-hetero) is 1. The Morgan fingerprint density at radius 1 is 1.17 bits per heavy atom. The molecular weight excluding hydrogens is 526 g/mol. The van der Waals surface area contributed by atoms with E-state index in [9.17, 15) is 24.3 Å². The smallest absolute Gasteiger partial charge is 0.407 e. The molecule has 1 aromatic carbocycles. The van der Waals surface area contributed by atoms with E-state index in [1.54, 1.807) is 33.8 Å². The molecule has 1 unspecified atom stereocenters. The third kappa shape index (κ3) is 5.36. The molecule has 4 heterocycles. The highest BCUT2D eigenvalue weighted by atomic mass is 16.6. The minimum absolute atomic E-state index is 0.00616. The van der Waals surface area contributed by atoms with Crippen LogP contribution in [0.5, 0.6) is 0 Å². The summed E-state index contributed by atoms with van der Waals surface area (Å²) in [6, 6.07) is 11.2. The summed E-state index contributed by atoms with van der Waals surface area (Å²) in [6.45, 7) is 7.64. The number of nitrogens with zero attached hydrogens (tertiary/aromatic N) is 2. The highest BCUT2D eigenvalue weighted by molar-refractivity contribution is 5.93. The molecule has 216 valence electrons. The number of hydrogen-bond acceptors (Lipinski definition) is 8. The topological polar surface area (TPSA) is 137 Å². The first-order chi connectivity index (χ1) is 19.4. The number of alkyl carbamates (subject to hydrolysis) is 1. The van der Waals surface area contributed by atoms with Gasteiger partial charge in [0.1, 0.15) is 5.60 Å². The second-order valence-corrected chi connectivity index (χ2v) is 11.6. The molecule has 0 saturated heterocycles. The van der Waals surface area contributed by atoms with Gasteiger partial charge >= 0.3 is 12.1 Å². The molecular formula is C31H35N3O7. The van der Waals surface area contributed by atoms with Crippen LogP contribution in [0.3, 0.4) is 0 Å². The predicted molar refractivity (Wildman–Crippen MR) is 151 cm³/mol. The lowest BCUT2D eigenvalue weighted by Crippen LogP contribution is -2.47. The van der Waals surface area contributed by atoms with Crippen LogP contribution in [0.15, 0.2) is 41.2 Å². The first-order valence-electron chi connectivity index (χ1n) is 14.0. The first-order valence-corrected chi connectivity index (χ1v) is 14.0. The van der Waals surface area contributed by atoms with Gasteiger partial charge < -0.3 is 24.5 Å². The van der Waals surface area contributed by atoms with Crippen LogP contribution in [0, 0.1) is 0 Å². The van der Waals surface area contributed by atoms with Gasteiger partial charge in [0.2, 0.25) is 0 Å². The monoisotopic (exact) mass is 561 g/mol. The number of carbonyl (C=O) groups is 3. The summed E-state index contributed by atoms with van der Waals surface area (Å²) in [5, 5.41) is 15.0. The Bertz CT molecular complexity index is 1600. The maximum atomic E-state index is 13.9. The molecule has 0 aliphatic carbocycles. The Morgan fingerprint density at radius 2 is 1.93 bits per heavy atom. The number of amides is 1. The van der Waals surface area contributed by atoms with E-state index in [-0.39, 0.29) is 30.5 Å². The molecule has 0 bridgehead atoms. The van der Waals surface area contributed by atoms with Crippen LogP contribution in [-0.2, 0) is 31.2 Å². The SMILES string of the molecule is CC[C@@]1(O)C(=O)OC(C(=O)CCCCCNC(=O)OC(C)(C)C)c2c1cc1n(c2=O)Cc2cc3ccccc3nc2-1. The van der Waals surface area contributed by atoms with Gasteiger partial charge in [0.05, 0.1) is 29.0 Å². The second-order valence-electron chi connectivity index (χ2n) is 11.6. The van der Waals surface area contributed by atoms with Crippen LogP contribution in [0.4, 0.5) is 4.79 Å². The zero-order valence-corrected chi connectivity index (χ0v) is 23.8. The van der Waals surface area contributed by atoms with Gasteiger partial charge in [-0.25, -0.2) is 14.6 Å². The average Bonchev–Trinajstić information content (AvgIpc) is 3.28. The van der Waals surface area contributed by atoms with Crippen LogP contribution in [0.25, 0.3) is 22.3 Å². The summed E-state index contributed by atoms with van der Waals surface area (Å²) >= 11 is 0. The summed E-state index contributed by atoms with van der Waals surface area (Å²) < 4.78 is 12.2. The maximum absolute atomic E-state index is 13.9. The summed E-state index contributed by atoms with van der Waals surface area (Å²) in [5.41, 5.74) is -0.263. The van der Waals surface area contributed by atoms with Crippen LogP contribution >= 0.6 is 0 Å². The Labute approximate surface area is 237 Å². The number of pyridine rings is 2. The number of ether oxygens (including phenoxy) is 2. The average molecular weight is 562 g/mol. The number of nitrogens with one attached hydrogen (secondary N) is 1. The number of benzene rings is 1. The van der Waals surface area contributed by atoms with E-state index in [0.717, 1.165) is 16.5 Å². The number of unbranched alkanes of at least 4 members (excludes halogenated alkanes) is 2. The number of aromatic nitrogens is 2. The van der Waals surface area contributed by atoms with Crippen LogP contribution in [0.1, 0.15) is 82.6 Å². The molecule has 0 fully saturated rings. The van der Waals surface area contributed by atoms with E-state index in [1.165, 1.54) is 4.57 Å². The van der Waals surface area contributed by atoms with Crippen molar-refractivity contribution in [2.45, 2.75) is 83.6 Å². The van der Waals surface area contributed by atoms with Crippen molar-refractivity contribution in [1.29, 1.82) is 0 Å². The summed E-state index contributed by atoms with van der Waals surface area (Å²) in [4.78, 5) is 56.8. The van der Waals surface area contributed by atoms with E-state index in [0.29, 0.717) is 37.2 Å². The van der Waals surface area contributed by atoms with Crippen LogP contribution in [-0.4, -0.2) is 44.6 Å². The van der Waals surface area contributed by atoms with Gasteiger partial charge in [0.25, 0.3) is 5.56 Å². The van der Waals surface area contributed by atoms with E-state index in [2.05, 4.69) is 5.32 Å². The van der Waals surface area contributed by atoms with Crippen molar-refractivity contribution >= 4 is 28.7 Å². The number of fused-ring (bicyclic) bond motifs is 5. The molecule has 0 radical (unpaired) electrons. The molecule has 10 heteroatoms. The fourth-order valence-corrected chi connectivity index (χ4v) is 5.46. The quantitative estimate of drug-likeness (QED) is 0.240. The van der Waals surface area contributed by atoms with E-state index in [4.69, 9.17) is 14.5 Å². The molecule has 41 heavy (non-hydrogen) atoms. The number of esters is 1. The van der Waals surface area contributed by atoms with Gasteiger partial charge in [-0.1, -0.05) is 31.5 Å². The highest BCUT2D eigenvalue weighted by Gasteiger charge is 2.50. The van der Waals surface area contributed by atoms with Crippen LogP contribution in [0.2, 0.25) is 0 Å². The van der Waals surface area contributed by atoms with Crippen LogP contribution < -0.4 is 10.9 Å². The minimum atomic E-state index is -2.05. The van der Waals surface area contributed by atoms with Gasteiger partial charge in [-0.15, -0.1) is 0 Å². The minimum Gasteiger partial charge on any atom is -0.447 e. The lowest BCUT2D eigenvalue weighted by molar-refractivity contribution is -0.180. The molecule has 3 aromatic rings. The molecule has 2 aromatic heterocycles. The second kappa shape index (κ2) is 10.7. The largest absolute Gasteiger partial charge is 0.447 e. The molecule has 2 aliphatic rings. The molecule has 1 amide bonds. The number of cyclic esters (lactones) is 1. The van der Waals surface area contributed by atoms with Crippen molar-refractivity contribution in [3.05, 3.63) is 63.4 Å². The van der Waals surface area contributed by atoms with Gasteiger partial charge in [-0.3, -0.25) is 9.59 Å². The van der Waals surface area contributed by atoms with Crippen molar-refractivity contribution in [2.24, 2.45) is 0 Å². The maximum Gasteiger partial charge on any atom is 0.407 e. The summed E-state index contributed by atoms with van der Waals surface area (Å²) in [6.07, 6.45) is -0.116. The van der Waals surface area contributed by atoms with Crippen molar-refractivity contribution in [3.8, 4) is 11.4 Å². The number of para-hydroxylation sites is 1. The van der Waals surface area contributed by atoms with E-state index in [1.807, 2.05) is 30.3 Å². The highest BCUT2D eigenvalue weighted by Crippen LogP contribution is 2.42. The zero-order chi connectivity index (χ0) is 29.5. The molecule has 5 rings (SSSR count). The molecule has 2 aliphatic heterocycles. The Balaban J connectivity index is 1.37. The zero-order valence-electron chi connectivity index (χ0n) is 23.8. The number of carbonyl (C=O) groups excluding carboxylic acids is 3. The first kappa shape index (κ1) is 28.5. The normalized spacial score (nSPS) is 19.2. The predicted octanol–water partition coefficient (Wildman–Crippen LogP) is 4.27. The Kier molecular flexibility index (Phi) is 7.46. The third-order valence-electron chi connectivity index (χ3n) is 7.55. The Hall–Kier alpha value is -4.05. The van der Waals surface area contributed by atoms with Crippen molar-refractivity contribution < 1.29 is 29.0 Å². The van der Waals surface area contributed by atoms with Gasteiger partial charge in [0, 0.05) is 29.5 Å². The molecule has 2 atom stereocenters. The fourth-order valence-electron chi connectivity index (χ4n) is 5.46. The lowest BCUT2D eigenvalue weighted by Gasteiger charge is -2.35. The molecule has 0 saturated carbocycles. The van der Waals surface area contributed by atoms with Crippen molar-refractivity contribution in [3.63, 3.8) is 0 Å². The molecule has 10 nitrogen and oxygen atoms in total. The van der Waals surface area contributed by atoms with Crippen molar-refractivity contribution in [2.75, 3.05) is 6.54 Å². The summed E-state index contributed by atoms with van der Waals surface area (Å²) in [5.74, 6) is -1.35. The van der Waals surface area contributed by atoms with E-state index >= 15 is 0 Å². The third-order valence-corrected chi connectivity index (χ3v) is 7.55. The number of ketones is 1. The number of rotatable bonds is 8. The van der Waals surface area contributed by atoms with Gasteiger partial charge in [-0.05, 0) is 58.2 Å². The van der Waals surface area contributed by atoms with Crippen molar-refractivity contribution in [1.82, 2.24) is 14.9 Å². The molecule has 0 spiro atoms. The summed E-state index contributed by atoms with van der Waals surface area (Å²) in [7, 11) is 0. The van der Waals surface area contributed by atoms with E-state index < -0.39 is 40.7 Å². The lowest BCUT2D eigenvalue weighted by atomic mass is 9.82. The van der Waals surface area contributed by atoms with Gasteiger partial charge in [0.15, 0.2) is 17.5 Å². The number of aliphatic hydroxyl groups is 1. The molecule has 2 N–H and O–H groups in total. The standard InChI is InChI=1S/C31H35N3O7/c1-5-31(39)20-16-22-25-19(15-18-11-8-9-12-21(18)33-25)17-34(22)27(36)24(20)26(40-28(31)37)23(35)13-7-6-10-14-32-29(38)41-30(2,3)4/h8-9,11-12,15-16,26,39H,5-7,10,13-14,17H2,1-4H3,(H,32,38)/t26?,31-/m0/s1. The fraction of sp³-hybridized carbons (Fsp3) is 0.452. The Morgan fingerprint density at radius 3 is 2.66 bits per heavy atom. The van der Waals surface area contributed by atoms with Gasteiger partial charge in [-0.2, -0.15) is 0 Å².